The van der Waals surface area contributed by atoms with E-state index in [1.54, 1.807) is 30.3 Å². The van der Waals surface area contributed by atoms with Gasteiger partial charge in [0.2, 0.25) is 5.88 Å². The number of benzene rings is 1. The summed E-state index contributed by atoms with van der Waals surface area (Å²) in [4.78, 5) is 29.0. The summed E-state index contributed by atoms with van der Waals surface area (Å²) in [5.74, 6) is -0.452. The molecule has 0 aliphatic rings. The molecule has 0 unspecified atom stereocenters. The molecule has 0 bridgehead atoms. The molecule has 1 aromatic heterocycles. The van der Waals surface area contributed by atoms with Gasteiger partial charge in [0.25, 0.3) is 5.56 Å². The van der Waals surface area contributed by atoms with Crippen LogP contribution in [0.3, 0.4) is 0 Å². The van der Waals surface area contributed by atoms with Gasteiger partial charge < -0.3 is 10.4 Å². The third-order valence-electron chi connectivity index (χ3n) is 3.01. The van der Waals surface area contributed by atoms with E-state index in [0.29, 0.717) is 5.69 Å². The number of nitriles is 1. The molecule has 0 aliphatic heterocycles. The number of hydrogen-bond donors (Lipinski definition) is 3. The van der Waals surface area contributed by atoms with Crippen molar-refractivity contribution < 1.29 is 9.90 Å². The number of anilines is 1. The summed E-state index contributed by atoms with van der Waals surface area (Å²) < 4.78 is 0.872. The number of amides is 2. The van der Waals surface area contributed by atoms with Crippen LogP contribution < -0.4 is 10.9 Å². The van der Waals surface area contributed by atoms with Crippen molar-refractivity contribution in [2.45, 2.75) is 6.92 Å². The number of nitrogens with one attached hydrogen (secondary N) is 2. The van der Waals surface area contributed by atoms with Crippen LogP contribution in [0.4, 0.5) is 10.5 Å². The van der Waals surface area contributed by atoms with Gasteiger partial charge in [-0.1, -0.05) is 15.9 Å². The smallest absolute Gasteiger partial charge is 0.345 e. The summed E-state index contributed by atoms with van der Waals surface area (Å²) in [6.07, 6.45) is 1.09. The highest BCUT2D eigenvalue weighted by atomic mass is 79.9. The average molecular weight is 375 g/mol. The standard InChI is InChI=1S/C15H11BrN4O3/c1-8-11(6-17)13(21)20-14(22)12(8)7-18-15(23)19-10-4-2-9(16)3-5-10/h2-5,7H,1H3,(H,19,23)(H2,20,21,22)/b18-7+. The maximum Gasteiger partial charge on any atom is 0.345 e. The maximum absolute atomic E-state index is 11.8. The number of pyridine rings is 1. The highest BCUT2D eigenvalue weighted by molar-refractivity contribution is 9.10. The fraction of sp³-hybridized carbons (Fsp3) is 0.0667. The molecule has 0 radical (unpaired) electrons. The largest absolute Gasteiger partial charge is 0.494 e. The predicted octanol–water partition coefficient (Wildman–Crippen LogP) is 2.67. The number of halogens is 1. The summed E-state index contributed by atoms with van der Waals surface area (Å²) in [6.45, 7) is 1.49. The number of hydrogen-bond acceptors (Lipinski definition) is 4. The van der Waals surface area contributed by atoms with E-state index in [0.717, 1.165) is 10.7 Å². The second-order valence-corrected chi connectivity index (χ2v) is 5.44. The van der Waals surface area contributed by atoms with Crippen LogP contribution in [0.5, 0.6) is 5.88 Å². The summed E-state index contributed by atoms with van der Waals surface area (Å²) in [5, 5.41) is 21.2. The summed E-state index contributed by atoms with van der Waals surface area (Å²) >= 11 is 3.28. The van der Waals surface area contributed by atoms with Crippen LogP contribution in [-0.4, -0.2) is 22.3 Å². The van der Waals surface area contributed by atoms with Crippen molar-refractivity contribution in [3.8, 4) is 11.9 Å². The Kier molecular flexibility index (Phi) is 4.93. The lowest BCUT2D eigenvalue weighted by Crippen LogP contribution is -2.14. The summed E-state index contributed by atoms with van der Waals surface area (Å²) in [7, 11) is 0. The molecule has 116 valence electrons. The van der Waals surface area contributed by atoms with E-state index in [1.807, 2.05) is 0 Å². The fourth-order valence-electron chi connectivity index (χ4n) is 1.82. The first-order chi connectivity index (χ1) is 10.9. The third kappa shape index (κ3) is 3.84. The van der Waals surface area contributed by atoms with Crippen molar-refractivity contribution in [1.29, 1.82) is 5.26 Å². The number of rotatable bonds is 2. The molecule has 0 aliphatic carbocycles. The van der Waals surface area contributed by atoms with Crippen molar-refractivity contribution in [3.63, 3.8) is 0 Å². The van der Waals surface area contributed by atoms with Crippen molar-refractivity contribution in [1.82, 2.24) is 4.98 Å². The molecule has 2 amide bonds. The van der Waals surface area contributed by atoms with Crippen LogP contribution in [0.25, 0.3) is 0 Å². The number of nitrogens with zero attached hydrogens (tertiary/aromatic N) is 2. The van der Waals surface area contributed by atoms with E-state index in [1.165, 1.54) is 6.92 Å². The second-order valence-electron chi connectivity index (χ2n) is 4.52. The molecule has 23 heavy (non-hydrogen) atoms. The van der Waals surface area contributed by atoms with Gasteiger partial charge in [0.05, 0.1) is 5.56 Å². The minimum atomic E-state index is -0.695. The fourth-order valence-corrected chi connectivity index (χ4v) is 2.09. The zero-order chi connectivity index (χ0) is 17.0. The van der Waals surface area contributed by atoms with Crippen LogP contribution in [-0.2, 0) is 0 Å². The van der Waals surface area contributed by atoms with Crippen molar-refractivity contribution >= 4 is 33.9 Å². The topological polar surface area (TPSA) is 118 Å². The first-order valence-electron chi connectivity index (χ1n) is 6.39. The van der Waals surface area contributed by atoms with Gasteiger partial charge in [0.1, 0.15) is 11.6 Å². The number of H-pyrrole nitrogens is 1. The Balaban J connectivity index is 2.23. The van der Waals surface area contributed by atoms with Gasteiger partial charge in [-0.25, -0.2) is 9.79 Å². The van der Waals surface area contributed by atoms with Gasteiger partial charge in [-0.05, 0) is 36.8 Å². The predicted molar refractivity (Wildman–Crippen MR) is 88.9 cm³/mol. The number of carbonyl (C=O) groups is 1. The van der Waals surface area contributed by atoms with E-state index in [-0.39, 0.29) is 16.7 Å². The van der Waals surface area contributed by atoms with Crippen LogP contribution in [0.2, 0.25) is 0 Å². The molecule has 0 saturated carbocycles. The minimum Gasteiger partial charge on any atom is -0.494 e. The normalized spacial score (nSPS) is 10.5. The maximum atomic E-state index is 11.8. The molecule has 3 N–H and O–H groups in total. The van der Waals surface area contributed by atoms with E-state index in [2.05, 4.69) is 31.2 Å². The first kappa shape index (κ1) is 16.5. The monoisotopic (exact) mass is 374 g/mol. The number of aliphatic imine (C=N–C) groups is 1. The molecule has 2 aromatic rings. The molecular weight excluding hydrogens is 364 g/mol. The van der Waals surface area contributed by atoms with Gasteiger partial charge in [-0.3, -0.25) is 9.78 Å². The van der Waals surface area contributed by atoms with Crippen LogP contribution >= 0.6 is 15.9 Å². The number of carbonyl (C=O) groups excluding carboxylic acids is 1. The molecule has 1 aromatic carbocycles. The van der Waals surface area contributed by atoms with Crippen LogP contribution in [0.15, 0.2) is 38.5 Å². The Morgan fingerprint density at radius 2 is 2.09 bits per heavy atom. The number of urea groups is 1. The minimum absolute atomic E-state index is 0.104. The molecule has 2 rings (SSSR count). The third-order valence-corrected chi connectivity index (χ3v) is 3.54. The zero-order valence-corrected chi connectivity index (χ0v) is 13.5. The molecular formula is C15H11BrN4O3. The Morgan fingerprint density at radius 3 is 2.70 bits per heavy atom. The molecule has 7 nitrogen and oxygen atoms in total. The second kappa shape index (κ2) is 6.89. The Bertz CT molecular complexity index is 879. The lowest BCUT2D eigenvalue weighted by Gasteiger charge is -2.05. The molecule has 0 saturated heterocycles. The van der Waals surface area contributed by atoms with Gasteiger partial charge in [0, 0.05) is 16.4 Å². The first-order valence-corrected chi connectivity index (χ1v) is 7.18. The highest BCUT2D eigenvalue weighted by Gasteiger charge is 2.12. The van der Waals surface area contributed by atoms with E-state index >= 15 is 0 Å². The number of aromatic hydroxyl groups is 1. The van der Waals surface area contributed by atoms with Gasteiger partial charge in [-0.15, -0.1) is 0 Å². The highest BCUT2D eigenvalue weighted by Crippen LogP contribution is 2.17. The lowest BCUT2D eigenvalue weighted by molar-refractivity contribution is 0.259. The summed E-state index contributed by atoms with van der Waals surface area (Å²) in [5.41, 5.74) is 0.0630. The molecule has 0 fully saturated rings. The van der Waals surface area contributed by atoms with E-state index in [9.17, 15) is 14.7 Å². The van der Waals surface area contributed by atoms with Crippen molar-refractivity contribution in [3.05, 3.63) is 55.8 Å². The van der Waals surface area contributed by atoms with Crippen molar-refractivity contribution in [2.75, 3.05) is 5.32 Å². The molecule has 0 atom stereocenters. The van der Waals surface area contributed by atoms with Gasteiger partial charge in [0.15, 0.2) is 0 Å². The van der Waals surface area contributed by atoms with Gasteiger partial charge in [-0.2, -0.15) is 5.26 Å². The Hall–Kier alpha value is -2.92. The molecule has 8 heteroatoms. The SMILES string of the molecule is Cc1c(/C=N/C(=O)Nc2ccc(Br)cc2)c(O)[nH]c(=O)c1C#N. The van der Waals surface area contributed by atoms with Crippen molar-refractivity contribution in [2.24, 2.45) is 4.99 Å². The zero-order valence-electron chi connectivity index (χ0n) is 11.9. The van der Waals surface area contributed by atoms with E-state index in [4.69, 9.17) is 5.26 Å². The molecule has 1 heterocycles. The van der Waals surface area contributed by atoms with Crippen LogP contribution in [0, 0.1) is 18.3 Å². The number of aromatic amines is 1. The molecule has 0 spiro atoms. The van der Waals surface area contributed by atoms with E-state index < -0.39 is 17.5 Å². The van der Waals surface area contributed by atoms with Crippen LogP contribution in [0.1, 0.15) is 16.7 Å². The lowest BCUT2D eigenvalue weighted by atomic mass is 10.1. The summed E-state index contributed by atoms with van der Waals surface area (Å²) in [6, 6.07) is 7.98. The van der Waals surface area contributed by atoms with Gasteiger partial charge >= 0.3 is 6.03 Å². The quantitative estimate of drug-likeness (QED) is 0.700. The number of aromatic nitrogens is 1. The Labute approximate surface area is 139 Å². The Morgan fingerprint density at radius 1 is 1.43 bits per heavy atom. The average Bonchev–Trinajstić information content (AvgIpc) is 2.49.